The van der Waals surface area contributed by atoms with E-state index in [1.54, 1.807) is 29.2 Å². The van der Waals surface area contributed by atoms with Crippen LogP contribution in [0.1, 0.15) is 34.9 Å². The summed E-state index contributed by atoms with van der Waals surface area (Å²) in [7, 11) is 0. The summed E-state index contributed by atoms with van der Waals surface area (Å²) >= 11 is 0. The molecule has 2 aromatic heterocycles. The van der Waals surface area contributed by atoms with E-state index in [0.717, 1.165) is 31.5 Å². The van der Waals surface area contributed by atoms with Crippen molar-refractivity contribution in [2.75, 3.05) is 13.1 Å². The van der Waals surface area contributed by atoms with Gasteiger partial charge in [-0.3, -0.25) is 4.79 Å². The van der Waals surface area contributed by atoms with Crippen LogP contribution >= 0.6 is 24.8 Å². The zero-order chi connectivity index (χ0) is 20.1. The van der Waals surface area contributed by atoms with Crippen LogP contribution in [-0.4, -0.2) is 39.0 Å². The number of aromatic nitrogens is 4. The number of nitrogens with zero attached hydrogens (tertiary/aromatic N) is 4. The van der Waals surface area contributed by atoms with E-state index in [1.807, 2.05) is 0 Å². The quantitative estimate of drug-likeness (QED) is 0.576. The molecule has 8 nitrogen and oxygen atoms in total. The number of ether oxygens (including phenoxy) is 1. The molecule has 0 spiro atoms. The first-order valence-corrected chi connectivity index (χ1v) is 9.46. The maximum atomic E-state index is 13.0. The van der Waals surface area contributed by atoms with E-state index in [1.165, 1.54) is 24.3 Å². The van der Waals surface area contributed by atoms with Crippen LogP contribution in [0.5, 0.6) is 11.6 Å². The number of carbonyl (C=O) groups is 1. The van der Waals surface area contributed by atoms with Gasteiger partial charge in [0.1, 0.15) is 11.6 Å². The molecule has 3 heterocycles. The highest BCUT2D eigenvalue weighted by atomic mass is 35.5. The monoisotopic (exact) mass is 468 g/mol. The average molecular weight is 469 g/mol. The van der Waals surface area contributed by atoms with Crippen LogP contribution in [0.15, 0.2) is 48.8 Å². The maximum Gasteiger partial charge on any atom is 0.273 e. The van der Waals surface area contributed by atoms with Gasteiger partial charge in [0.05, 0.1) is 12.2 Å². The summed E-state index contributed by atoms with van der Waals surface area (Å²) in [6.45, 7) is 2.17. The summed E-state index contributed by atoms with van der Waals surface area (Å²) in [5.41, 5.74) is 1.11. The van der Waals surface area contributed by atoms with E-state index in [0.29, 0.717) is 23.9 Å². The first-order chi connectivity index (χ1) is 14.2. The molecule has 1 aliphatic rings. The van der Waals surface area contributed by atoms with Crippen molar-refractivity contribution in [1.82, 2.24) is 30.6 Å². The number of rotatable bonds is 6. The Labute approximate surface area is 191 Å². The Balaban J connectivity index is 0.00000171. The van der Waals surface area contributed by atoms with Gasteiger partial charge in [-0.05, 0) is 61.8 Å². The summed E-state index contributed by atoms with van der Waals surface area (Å²) in [5.74, 6) is 0.219. The Hall–Kier alpha value is -2.75. The van der Waals surface area contributed by atoms with Gasteiger partial charge in [-0.2, -0.15) is 0 Å². The molecule has 0 radical (unpaired) electrons. The van der Waals surface area contributed by atoms with Crippen molar-refractivity contribution in [3.63, 3.8) is 0 Å². The van der Waals surface area contributed by atoms with Crippen LogP contribution in [0, 0.1) is 5.82 Å². The molecular formula is C20H23Cl2FN6O2. The zero-order valence-electron chi connectivity index (χ0n) is 16.5. The smallest absolute Gasteiger partial charge is 0.273 e. The summed E-state index contributed by atoms with van der Waals surface area (Å²) in [4.78, 5) is 16.5. The molecule has 4 rings (SSSR count). The van der Waals surface area contributed by atoms with E-state index in [4.69, 9.17) is 4.74 Å². The van der Waals surface area contributed by atoms with Crippen molar-refractivity contribution in [3.8, 4) is 11.6 Å². The fourth-order valence-corrected chi connectivity index (χ4v) is 3.14. The van der Waals surface area contributed by atoms with Crippen molar-refractivity contribution in [2.45, 2.75) is 25.4 Å². The van der Waals surface area contributed by atoms with Gasteiger partial charge in [-0.25, -0.2) is 14.1 Å². The lowest BCUT2D eigenvalue weighted by molar-refractivity contribution is 0.0945. The van der Waals surface area contributed by atoms with E-state index in [2.05, 4.69) is 25.9 Å². The van der Waals surface area contributed by atoms with Crippen LogP contribution in [0.2, 0.25) is 0 Å². The second-order valence-corrected chi connectivity index (χ2v) is 6.81. The number of amides is 1. The molecule has 1 aliphatic heterocycles. The molecule has 1 saturated heterocycles. The summed E-state index contributed by atoms with van der Waals surface area (Å²) in [6.07, 6.45) is 5.23. The van der Waals surface area contributed by atoms with Gasteiger partial charge in [0.15, 0.2) is 5.69 Å². The summed E-state index contributed by atoms with van der Waals surface area (Å²) < 4.78 is 20.4. The molecule has 3 aromatic rings. The molecule has 2 N–H and O–H groups in total. The Morgan fingerprint density at radius 3 is 2.68 bits per heavy atom. The Morgan fingerprint density at radius 2 is 1.94 bits per heavy atom. The number of pyridine rings is 1. The number of hydrogen-bond donors (Lipinski definition) is 2. The predicted octanol–water partition coefficient (Wildman–Crippen LogP) is 3.30. The molecule has 0 atom stereocenters. The molecule has 31 heavy (non-hydrogen) atoms. The number of nitrogens with one attached hydrogen (secondary N) is 2. The molecule has 1 fully saturated rings. The minimum absolute atomic E-state index is 0. The van der Waals surface area contributed by atoms with Crippen LogP contribution in [0.25, 0.3) is 0 Å². The summed E-state index contributed by atoms with van der Waals surface area (Å²) in [6, 6.07) is 9.46. The van der Waals surface area contributed by atoms with Gasteiger partial charge in [-0.15, -0.1) is 29.9 Å². The molecule has 166 valence electrons. The third-order valence-corrected chi connectivity index (χ3v) is 4.71. The molecule has 11 heteroatoms. The van der Waals surface area contributed by atoms with Gasteiger partial charge in [-0.1, -0.05) is 5.21 Å². The zero-order valence-corrected chi connectivity index (χ0v) is 18.2. The second-order valence-electron chi connectivity index (χ2n) is 6.81. The fourth-order valence-electron chi connectivity index (χ4n) is 3.14. The highest BCUT2D eigenvalue weighted by molar-refractivity contribution is 5.91. The third-order valence-electron chi connectivity index (χ3n) is 4.71. The minimum Gasteiger partial charge on any atom is -0.439 e. The first kappa shape index (κ1) is 24.5. The standard InChI is InChI=1S/C20H21FN6O2.2ClH/c21-15-1-3-17(4-2-15)29-19-11-14(5-10-23-19)12-24-20(28)18-13-27(26-25-18)16-6-8-22-9-7-16;;/h1-5,10-11,13,16,22H,6-9,12H2,(H,24,28);2*1H. The molecule has 1 amide bonds. The molecule has 0 saturated carbocycles. The van der Waals surface area contributed by atoms with E-state index >= 15 is 0 Å². The number of hydrogen-bond acceptors (Lipinski definition) is 6. The van der Waals surface area contributed by atoms with Crippen molar-refractivity contribution in [2.24, 2.45) is 0 Å². The van der Waals surface area contributed by atoms with Gasteiger partial charge in [0.2, 0.25) is 5.88 Å². The normalized spacial score (nSPS) is 13.6. The molecule has 0 unspecified atom stereocenters. The summed E-state index contributed by atoms with van der Waals surface area (Å²) in [5, 5.41) is 14.2. The Morgan fingerprint density at radius 1 is 1.19 bits per heavy atom. The van der Waals surface area contributed by atoms with Crippen LogP contribution in [-0.2, 0) is 6.54 Å². The molecule has 0 bridgehead atoms. The lowest BCUT2D eigenvalue weighted by atomic mass is 10.1. The topological polar surface area (TPSA) is 94.0 Å². The van der Waals surface area contributed by atoms with E-state index < -0.39 is 0 Å². The van der Waals surface area contributed by atoms with Gasteiger partial charge < -0.3 is 15.4 Å². The molecular weight excluding hydrogens is 446 g/mol. The number of halogens is 3. The largest absolute Gasteiger partial charge is 0.439 e. The SMILES string of the molecule is Cl.Cl.O=C(NCc1ccnc(Oc2ccc(F)cc2)c1)c1cn(C2CCNCC2)nn1. The Bertz CT molecular complexity index is 980. The van der Waals surface area contributed by atoms with E-state index in [-0.39, 0.29) is 42.6 Å². The number of benzene rings is 1. The molecule has 0 aliphatic carbocycles. The third kappa shape index (κ3) is 6.61. The first-order valence-electron chi connectivity index (χ1n) is 9.46. The van der Waals surface area contributed by atoms with Crippen LogP contribution in [0.4, 0.5) is 4.39 Å². The van der Waals surface area contributed by atoms with Crippen LogP contribution in [0.3, 0.4) is 0 Å². The average Bonchev–Trinajstić information content (AvgIpc) is 3.25. The predicted molar refractivity (Wildman–Crippen MR) is 118 cm³/mol. The highest BCUT2D eigenvalue weighted by Gasteiger charge is 2.18. The highest BCUT2D eigenvalue weighted by Crippen LogP contribution is 2.20. The lowest BCUT2D eigenvalue weighted by Gasteiger charge is -2.22. The van der Waals surface area contributed by atoms with Crippen molar-refractivity contribution in [1.29, 1.82) is 0 Å². The van der Waals surface area contributed by atoms with Gasteiger partial charge in [0.25, 0.3) is 5.91 Å². The maximum absolute atomic E-state index is 13.0. The number of carbonyl (C=O) groups excluding carboxylic acids is 1. The fraction of sp³-hybridized carbons (Fsp3) is 0.300. The molecule has 1 aromatic carbocycles. The van der Waals surface area contributed by atoms with Crippen molar-refractivity contribution >= 4 is 30.7 Å². The number of piperidine rings is 1. The lowest BCUT2D eigenvalue weighted by Crippen LogP contribution is -2.29. The minimum atomic E-state index is -0.334. The van der Waals surface area contributed by atoms with Crippen molar-refractivity contribution in [3.05, 3.63) is 65.9 Å². The second kappa shape index (κ2) is 11.6. The van der Waals surface area contributed by atoms with Gasteiger partial charge in [0, 0.05) is 18.8 Å². The Kier molecular flexibility index (Phi) is 9.17. The van der Waals surface area contributed by atoms with Crippen LogP contribution < -0.4 is 15.4 Å². The van der Waals surface area contributed by atoms with E-state index in [9.17, 15) is 9.18 Å². The van der Waals surface area contributed by atoms with Gasteiger partial charge >= 0.3 is 0 Å². The van der Waals surface area contributed by atoms with Crippen molar-refractivity contribution < 1.29 is 13.9 Å².